The van der Waals surface area contributed by atoms with Crippen molar-refractivity contribution in [3.63, 3.8) is 0 Å². The SMILES string of the molecule is O=C(N=C1N=C2N=CC=CN2Cc2ccccc21)c1cc(F)c(F)c(F)c1F. The summed E-state index contributed by atoms with van der Waals surface area (Å²) in [5, 5.41) is 0. The predicted octanol–water partition coefficient (Wildman–Crippen LogP) is 3.60. The van der Waals surface area contributed by atoms with Gasteiger partial charge in [-0.15, -0.1) is 0 Å². The van der Waals surface area contributed by atoms with Crippen molar-refractivity contribution >= 4 is 23.9 Å². The molecule has 0 spiro atoms. The van der Waals surface area contributed by atoms with Crippen molar-refractivity contribution in [1.29, 1.82) is 0 Å². The Morgan fingerprint density at radius 2 is 1.86 bits per heavy atom. The van der Waals surface area contributed by atoms with Crippen LogP contribution in [0, 0.1) is 23.3 Å². The Kier molecular flexibility index (Phi) is 4.34. The molecule has 0 aromatic heterocycles. The number of amides is 1. The van der Waals surface area contributed by atoms with Gasteiger partial charge in [0.25, 0.3) is 5.91 Å². The normalized spacial score (nSPS) is 16.5. The molecule has 9 heteroatoms. The second-order valence-corrected chi connectivity index (χ2v) is 5.91. The van der Waals surface area contributed by atoms with E-state index in [1.807, 2.05) is 0 Å². The molecular weight excluding hydrogens is 376 g/mol. The molecule has 0 unspecified atom stereocenters. The highest BCUT2D eigenvalue weighted by atomic mass is 19.2. The second-order valence-electron chi connectivity index (χ2n) is 5.91. The molecule has 0 fully saturated rings. The van der Waals surface area contributed by atoms with Crippen molar-refractivity contribution in [2.75, 3.05) is 0 Å². The van der Waals surface area contributed by atoms with Gasteiger partial charge in [-0.1, -0.05) is 24.3 Å². The van der Waals surface area contributed by atoms with E-state index in [2.05, 4.69) is 15.0 Å². The van der Waals surface area contributed by atoms with Gasteiger partial charge in [-0.05, 0) is 17.7 Å². The quantitative estimate of drug-likeness (QED) is 0.427. The van der Waals surface area contributed by atoms with Crippen LogP contribution in [-0.2, 0) is 6.54 Å². The van der Waals surface area contributed by atoms with E-state index in [1.165, 1.54) is 6.21 Å². The molecule has 2 aromatic rings. The molecule has 0 saturated carbocycles. The number of benzene rings is 2. The van der Waals surface area contributed by atoms with Gasteiger partial charge in [0.05, 0.1) is 12.1 Å². The van der Waals surface area contributed by atoms with Crippen LogP contribution in [0.4, 0.5) is 17.6 Å². The van der Waals surface area contributed by atoms with Gasteiger partial charge in [0.1, 0.15) is 0 Å². The van der Waals surface area contributed by atoms with Crippen LogP contribution in [0.15, 0.2) is 57.6 Å². The van der Waals surface area contributed by atoms with Crippen molar-refractivity contribution in [2.24, 2.45) is 15.0 Å². The average molecular weight is 386 g/mol. The smallest absolute Gasteiger partial charge is 0.282 e. The summed E-state index contributed by atoms with van der Waals surface area (Å²) in [5.41, 5.74) is 0.200. The molecule has 0 aliphatic carbocycles. The third kappa shape index (κ3) is 3.00. The predicted molar refractivity (Wildman–Crippen MR) is 94.2 cm³/mol. The fourth-order valence-electron chi connectivity index (χ4n) is 2.79. The van der Waals surface area contributed by atoms with E-state index in [9.17, 15) is 22.4 Å². The number of fused-ring (bicyclic) bond motifs is 2. The standard InChI is InChI=1S/C19H10F4N4O/c20-13-8-12(14(21)16(23)15(13)22)18(28)25-17-11-5-2-1-4-10(11)9-27-7-3-6-24-19(27)26-17/h1-8H,9H2. The van der Waals surface area contributed by atoms with E-state index in [0.29, 0.717) is 12.1 Å². The molecule has 0 N–H and O–H groups in total. The molecule has 2 heterocycles. The summed E-state index contributed by atoms with van der Waals surface area (Å²) in [6.07, 6.45) is 4.93. The maximum absolute atomic E-state index is 13.9. The van der Waals surface area contributed by atoms with Gasteiger partial charge >= 0.3 is 0 Å². The molecule has 140 valence electrons. The lowest BCUT2D eigenvalue weighted by molar-refractivity contribution is 0.0997. The number of halogens is 4. The highest BCUT2D eigenvalue weighted by Gasteiger charge is 2.25. The number of rotatable bonds is 1. The van der Waals surface area contributed by atoms with Crippen molar-refractivity contribution in [1.82, 2.24) is 4.90 Å². The summed E-state index contributed by atoms with van der Waals surface area (Å²) >= 11 is 0. The first-order valence-corrected chi connectivity index (χ1v) is 8.06. The third-order valence-electron chi connectivity index (χ3n) is 4.14. The summed E-state index contributed by atoms with van der Waals surface area (Å²) in [4.78, 5) is 26.2. The van der Waals surface area contributed by atoms with Crippen LogP contribution in [0.2, 0.25) is 0 Å². The summed E-state index contributed by atoms with van der Waals surface area (Å²) < 4.78 is 54.0. The minimum absolute atomic E-state index is 0.102. The fourth-order valence-corrected chi connectivity index (χ4v) is 2.79. The molecule has 2 aromatic carbocycles. The number of guanidine groups is 1. The van der Waals surface area contributed by atoms with Gasteiger partial charge in [-0.25, -0.2) is 22.6 Å². The van der Waals surface area contributed by atoms with E-state index in [1.54, 1.807) is 41.4 Å². The number of carbonyl (C=O) groups excluding carboxylic acids is 1. The van der Waals surface area contributed by atoms with Crippen LogP contribution in [0.1, 0.15) is 21.5 Å². The Bertz CT molecular complexity index is 1120. The maximum Gasteiger partial charge on any atom is 0.282 e. The Morgan fingerprint density at radius 1 is 1.07 bits per heavy atom. The number of nitrogens with zero attached hydrogens (tertiary/aromatic N) is 4. The molecule has 0 bridgehead atoms. The monoisotopic (exact) mass is 386 g/mol. The number of aliphatic imine (C=N–C) groups is 3. The van der Waals surface area contributed by atoms with Crippen molar-refractivity contribution in [3.05, 3.63) is 82.6 Å². The topological polar surface area (TPSA) is 57.4 Å². The van der Waals surface area contributed by atoms with Crippen LogP contribution in [0.3, 0.4) is 0 Å². The number of allylic oxidation sites excluding steroid dienone is 1. The highest BCUT2D eigenvalue weighted by Crippen LogP contribution is 2.22. The Labute approximate surface area is 156 Å². The first kappa shape index (κ1) is 17.8. The fraction of sp³-hybridized carbons (Fsp3) is 0.0526. The molecule has 2 aliphatic heterocycles. The van der Waals surface area contributed by atoms with E-state index in [0.717, 1.165) is 5.56 Å². The van der Waals surface area contributed by atoms with Gasteiger partial charge in [0.15, 0.2) is 29.1 Å². The summed E-state index contributed by atoms with van der Waals surface area (Å²) in [5.74, 6) is -8.75. The summed E-state index contributed by atoms with van der Waals surface area (Å²) in [6, 6.07) is 7.19. The lowest BCUT2D eigenvalue weighted by Crippen LogP contribution is -2.25. The Balaban J connectivity index is 1.85. The molecule has 4 rings (SSSR count). The zero-order valence-electron chi connectivity index (χ0n) is 14.0. The second kappa shape index (κ2) is 6.84. The Morgan fingerprint density at radius 3 is 2.68 bits per heavy atom. The van der Waals surface area contributed by atoms with Crippen LogP contribution >= 0.6 is 0 Å². The van der Waals surface area contributed by atoms with Crippen LogP contribution in [-0.4, -0.2) is 28.8 Å². The lowest BCUT2D eigenvalue weighted by Gasteiger charge is -2.19. The molecular formula is C19H10F4N4O. The minimum atomic E-state index is -2.08. The Hall–Kier alpha value is -3.62. The molecule has 5 nitrogen and oxygen atoms in total. The largest absolute Gasteiger partial charge is 0.313 e. The van der Waals surface area contributed by atoms with E-state index in [-0.39, 0.29) is 17.9 Å². The first-order chi connectivity index (χ1) is 13.5. The zero-order valence-corrected chi connectivity index (χ0v) is 14.0. The molecule has 0 radical (unpaired) electrons. The van der Waals surface area contributed by atoms with Gasteiger partial charge < -0.3 is 4.90 Å². The molecule has 28 heavy (non-hydrogen) atoms. The van der Waals surface area contributed by atoms with Gasteiger partial charge in [0, 0.05) is 18.0 Å². The van der Waals surface area contributed by atoms with E-state index >= 15 is 0 Å². The van der Waals surface area contributed by atoms with Crippen molar-refractivity contribution in [3.8, 4) is 0 Å². The van der Waals surface area contributed by atoms with Crippen LogP contribution < -0.4 is 0 Å². The first-order valence-electron chi connectivity index (χ1n) is 8.06. The van der Waals surface area contributed by atoms with Crippen molar-refractivity contribution < 1.29 is 22.4 Å². The van der Waals surface area contributed by atoms with Crippen molar-refractivity contribution in [2.45, 2.75) is 6.54 Å². The minimum Gasteiger partial charge on any atom is -0.313 e. The van der Waals surface area contributed by atoms with Gasteiger partial charge in [-0.3, -0.25) is 4.79 Å². The summed E-state index contributed by atoms with van der Waals surface area (Å²) in [6.45, 7) is 0.393. The molecule has 1 amide bonds. The molecule has 0 saturated heterocycles. The zero-order chi connectivity index (χ0) is 19.8. The molecule has 0 atom stereocenters. The van der Waals surface area contributed by atoms with Gasteiger partial charge in [0.2, 0.25) is 5.96 Å². The number of hydrogen-bond donors (Lipinski definition) is 0. The summed E-state index contributed by atoms with van der Waals surface area (Å²) in [7, 11) is 0. The highest BCUT2D eigenvalue weighted by molar-refractivity contribution is 6.15. The average Bonchev–Trinajstić information content (AvgIpc) is 2.85. The van der Waals surface area contributed by atoms with Crippen LogP contribution in [0.5, 0.6) is 0 Å². The van der Waals surface area contributed by atoms with Gasteiger partial charge in [-0.2, -0.15) is 9.98 Å². The third-order valence-corrected chi connectivity index (χ3v) is 4.14. The lowest BCUT2D eigenvalue weighted by atomic mass is 10.1. The number of amidine groups is 1. The van der Waals surface area contributed by atoms with E-state index < -0.39 is 34.7 Å². The van der Waals surface area contributed by atoms with Crippen LogP contribution in [0.25, 0.3) is 0 Å². The van der Waals surface area contributed by atoms with E-state index in [4.69, 9.17) is 0 Å². The maximum atomic E-state index is 13.9. The molecule has 2 aliphatic rings. The number of hydrogen-bond acceptors (Lipinski definition) is 3. The number of carbonyl (C=O) groups is 1.